The lowest BCUT2D eigenvalue weighted by molar-refractivity contribution is -0.206. The molecule has 0 saturated heterocycles. The highest BCUT2D eigenvalue weighted by Gasteiger charge is 2.64. The Morgan fingerprint density at radius 2 is 1.55 bits per heavy atom. The van der Waals surface area contributed by atoms with Crippen molar-refractivity contribution in [2.75, 3.05) is 6.61 Å². The number of halogens is 1. The maximum atomic E-state index is 11.5. The van der Waals surface area contributed by atoms with Gasteiger partial charge >= 0.3 is 5.97 Å². The fourth-order valence-electron chi connectivity index (χ4n) is 1.60. The maximum Gasteiger partial charge on any atom is 0.302 e. The zero-order chi connectivity index (χ0) is 16.3. The molecule has 0 fully saturated rings. The van der Waals surface area contributed by atoms with Gasteiger partial charge < -0.3 is 20.1 Å². The predicted molar refractivity (Wildman–Crippen MR) is 64.8 cm³/mol. The number of hydrogen-bond donors (Lipinski definition) is 3. The summed E-state index contributed by atoms with van der Waals surface area (Å²) in [7, 11) is 0. The van der Waals surface area contributed by atoms with Crippen LogP contribution in [0.2, 0.25) is 0 Å². The summed E-state index contributed by atoms with van der Waals surface area (Å²) in [6, 6.07) is 0. The third-order valence-electron chi connectivity index (χ3n) is 2.81. The molecule has 9 heteroatoms. The largest absolute Gasteiger partial charge is 0.463 e. The van der Waals surface area contributed by atoms with Crippen LogP contribution in [0, 0.1) is 0 Å². The summed E-state index contributed by atoms with van der Waals surface area (Å²) in [4.78, 5) is 44.9. The molecule has 0 aliphatic rings. The summed E-state index contributed by atoms with van der Waals surface area (Å²) in [5.41, 5.74) is -6.60. The van der Waals surface area contributed by atoms with E-state index in [-0.39, 0.29) is 0 Å². The van der Waals surface area contributed by atoms with Gasteiger partial charge in [0.2, 0.25) is 5.60 Å². The lowest BCUT2D eigenvalue weighted by atomic mass is 9.74. The van der Waals surface area contributed by atoms with Crippen LogP contribution in [0.25, 0.3) is 0 Å². The average molecular weight is 311 g/mol. The highest BCUT2D eigenvalue weighted by Crippen LogP contribution is 2.31. The van der Waals surface area contributed by atoms with Crippen molar-refractivity contribution in [2.24, 2.45) is 0 Å². The fraction of sp³-hybridized carbons (Fsp3) is 0.636. The first-order valence-corrected chi connectivity index (χ1v) is 5.78. The van der Waals surface area contributed by atoms with Gasteiger partial charge in [-0.2, -0.15) is 0 Å². The van der Waals surface area contributed by atoms with Crippen molar-refractivity contribution in [3.8, 4) is 0 Å². The van der Waals surface area contributed by atoms with E-state index in [4.69, 9.17) is 11.6 Å². The van der Waals surface area contributed by atoms with Gasteiger partial charge in [-0.05, 0) is 25.4 Å². The highest BCUT2D eigenvalue weighted by molar-refractivity contribution is 6.68. The summed E-state index contributed by atoms with van der Waals surface area (Å²) in [5, 5.41) is 28.2. The second kappa shape index (κ2) is 6.40. The Balaban J connectivity index is 5.81. The number of ketones is 2. The molecule has 0 aliphatic carbocycles. The number of hydrogen-bond acceptors (Lipinski definition) is 8. The zero-order valence-corrected chi connectivity index (χ0v) is 11.8. The van der Waals surface area contributed by atoms with Crippen LogP contribution in [0.3, 0.4) is 0 Å². The Labute approximate surface area is 119 Å². The third-order valence-corrected chi connectivity index (χ3v) is 3.08. The number of ether oxygens (including phenoxy) is 1. The normalized spacial score (nSPS) is 18.4. The molecule has 3 atom stereocenters. The second-order valence-corrected chi connectivity index (χ2v) is 4.52. The van der Waals surface area contributed by atoms with E-state index in [9.17, 15) is 34.5 Å². The standard InChI is InChI=1S/C11H15ClO8/c1-5(13)10(18,8(16)4-20-7(3)15)11(19,6(2)14)9(12)17/h8,16,18-19H,4H2,1-3H3. The molecule has 0 bridgehead atoms. The molecule has 3 unspecified atom stereocenters. The first-order valence-electron chi connectivity index (χ1n) is 5.40. The van der Waals surface area contributed by atoms with Crippen LogP contribution in [0.5, 0.6) is 0 Å². The lowest BCUT2D eigenvalue weighted by Crippen LogP contribution is -2.71. The second-order valence-electron chi connectivity index (χ2n) is 4.18. The first kappa shape index (κ1) is 18.7. The zero-order valence-electron chi connectivity index (χ0n) is 11.0. The molecule has 0 spiro atoms. The summed E-state index contributed by atoms with van der Waals surface area (Å²) >= 11 is 5.07. The minimum absolute atomic E-state index is 0.701. The van der Waals surface area contributed by atoms with Crippen molar-refractivity contribution in [3.63, 3.8) is 0 Å². The highest BCUT2D eigenvalue weighted by atomic mass is 35.5. The Hall–Kier alpha value is -1.35. The van der Waals surface area contributed by atoms with E-state index in [0.29, 0.717) is 6.92 Å². The first-order chi connectivity index (χ1) is 8.92. The number of esters is 1. The molecule has 3 N–H and O–H groups in total. The van der Waals surface area contributed by atoms with Crippen LogP contribution in [0.1, 0.15) is 20.8 Å². The molecule has 0 saturated carbocycles. The molecule has 0 radical (unpaired) electrons. The smallest absolute Gasteiger partial charge is 0.302 e. The average Bonchev–Trinajstić information content (AvgIpc) is 2.32. The van der Waals surface area contributed by atoms with Gasteiger partial charge in [-0.25, -0.2) is 0 Å². The van der Waals surface area contributed by atoms with Crippen molar-refractivity contribution >= 4 is 34.4 Å². The Morgan fingerprint density at radius 3 is 1.80 bits per heavy atom. The van der Waals surface area contributed by atoms with Gasteiger partial charge in [-0.1, -0.05) is 0 Å². The Morgan fingerprint density at radius 1 is 1.10 bits per heavy atom. The number of rotatable bonds is 7. The van der Waals surface area contributed by atoms with Gasteiger partial charge in [-0.3, -0.25) is 19.2 Å². The molecular weight excluding hydrogens is 296 g/mol. The SMILES string of the molecule is CC(=O)OCC(O)C(O)(C(C)=O)C(O)(C(C)=O)C(=O)Cl. The van der Waals surface area contributed by atoms with Crippen LogP contribution in [0.15, 0.2) is 0 Å². The maximum absolute atomic E-state index is 11.5. The molecule has 20 heavy (non-hydrogen) atoms. The van der Waals surface area contributed by atoms with Crippen molar-refractivity contribution in [3.05, 3.63) is 0 Å². The molecule has 0 aliphatic heterocycles. The monoisotopic (exact) mass is 310 g/mol. The molecule has 0 aromatic rings. The van der Waals surface area contributed by atoms with Crippen LogP contribution in [-0.4, -0.2) is 62.0 Å². The van der Waals surface area contributed by atoms with E-state index in [1.54, 1.807) is 0 Å². The van der Waals surface area contributed by atoms with E-state index in [0.717, 1.165) is 13.8 Å². The van der Waals surface area contributed by atoms with Crippen LogP contribution in [-0.2, 0) is 23.9 Å². The molecular formula is C11H15ClO8. The molecule has 8 nitrogen and oxygen atoms in total. The van der Waals surface area contributed by atoms with Crippen LogP contribution < -0.4 is 0 Å². The number of aliphatic hydroxyl groups is 3. The van der Waals surface area contributed by atoms with Gasteiger partial charge in [0.05, 0.1) is 0 Å². The van der Waals surface area contributed by atoms with Crippen molar-refractivity contribution in [1.82, 2.24) is 0 Å². The summed E-state index contributed by atoms with van der Waals surface area (Å²) in [6.07, 6.45) is -2.24. The number of aliphatic hydroxyl groups excluding tert-OH is 1. The summed E-state index contributed by atoms with van der Waals surface area (Å²) in [5.74, 6) is -3.50. The van der Waals surface area contributed by atoms with E-state index in [2.05, 4.69) is 4.74 Å². The molecule has 0 rings (SSSR count). The van der Waals surface area contributed by atoms with Gasteiger partial charge in [0.15, 0.2) is 17.2 Å². The summed E-state index contributed by atoms with van der Waals surface area (Å²) in [6.45, 7) is 1.49. The van der Waals surface area contributed by atoms with Crippen LogP contribution >= 0.6 is 11.6 Å². The molecule has 114 valence electrons. The number of carbonyl (C=O) groups excluding carboxylic acids is 4. The van der Waals surface area contributed by atoms with Crippen LogP contribution in [0.4, 0.5) is 0 Å². The minimum atomic E-state index is -3.36. The molecule has 0 aromatic carbocycles. The van der Waals surface area contributed by atoms with Crippen molar-refractivity contribution in [2.45, 2.75) is 38.1 Å². The van der Waals surface area contributed by atoms with Gasteiger partial charge in [0, 0.05) is 6.92 Å². The van der Waals surface area contributed by atoms with E-state index in [1.807, 2.05) is 0 Å². The van der Waals surface area contributed by atoms with Crippen molar-refractivity contribution < 1.29 is 39.2 Å². The van der Waals surface area contributed by atoms with Gasteiger partial charge in [0.1, 0.15) is 12.7 Å². The van der Waals surface area contributed by atoms with E-state index in [1.165, 1.54) is 0 Å². The topological polar surface area (TPSA) is 138 Å². The quantitative estimate of drug-likeness (QED) is 0.288. The summed E-state index contributed by atoms with van der Waals surface area (Å²) < 4.78 is 4.38. The van der Waals surface area contributed by atoms with E-state index >= 15 is 0 Å². The van der Waals surface area contributed by atoms with Gasteiger partial charge in [-0.15, -0.1) is 0 Å². The third kappa shape index (κ3) is 3.04. The lowest BCUT2D eigenvalue weighted by Gasteiger charge is -2.39. The number of Topliss-reactive ketones (excluding diaryl/α,β-unsaturated/α-hetero) is 2. The Kier molecular flexibility index (Phi) is 5.97. The molecule has 0 amide bonds. The molecule has 0 aromatic heterocycles. The minimum Gasteiger partial charge on any atom is -0.463 e. The van der Waals surface area contributed by atoms with Crippen molar-refractivity contribution in [1.29, 1.82) is 0 Å². The molecule has 0 heterocycles. The van der Waals surface area contributed by atoms with Gasteiger partial charge in [0.25, 0.3) is 5.24 Å². The van der Waals surface area contributed by atoms with E-state index < -0.39 is 46.7 Å². The number of carbonyl (C=O) groups is 4. The Bertz CT molecular complexity index is 432. The predicted octanol–water partition coefficient (Wildman–Crippen LogP) is -1.68. The fourth-order valence-corrected chi connectivity index (χ4v) is 1.88.